The van der Waals surface area contributed by atoms with Gasteiger partial charge in [0.1, 0.15) is 6.54 Å². The third-order valence-corrected chi connectivity index (χ3v) is 8.20. The molecular formula is C27H37N5O3. The van der Waals surface area contributed by atoms with Crippen molar-refractivity contribution < 1.29 is 14.7 Å². The van der Waals surface area contributed by atoms with Crippen molar-refractivity contribution in [3.8, 4) is 0 Å². The molecule has 2 saturated heterocycles. The number of aryl methyl sites for hydroxylation is 1. The highest BCUT2D eigenvalue weighted by Gasteiger charge is 2.32. The van der Waals surface area contributed by atoms with Gasteiger partial charge in [-0.2, -0.15) is 5.10 Å². The van der Waals surface area contributed by atoms with Crippen LogP contribution >= 0.6 is 0 Å². The fourth-order valence-corrected chi connectivity index (χ4v) is 5.78. The molecule has 8 nitrogen and oxygen atoms in total. The Bertz CT molecular complexity index is 1090. The van der Waals surface area contributed by atoms with E-state index in [9.17, 15) is 14.7 Å². The topological polar surface area (TPSA) is 81.9 Å². The van der Waals surface area contributed by atoms with Gasteiger partial charge in [0, 0.05) is 62.8 Å². The zero-order valence-electron chi connectivity index (χ0n) is 21.0. The SMILES string of the molecule is Cc1cccc(N2CCN(C(=O)Cn3nc(C(=O)N4CCC(CO)CC4)c4c3CCC4)CC2)c1C. The highest BCUT2D eigenvalue weighted by atomic mass is 16.3. The van der Waals surface area contributed by atoms with E-state index in [2.05, 4.69) is 42.0 Å². The molecule has 1 aromatic carbocycles. The molecule has 0 radical (unpaired) electrons. The molecule has 3 aliphatic rings. The minimum atomic E-state index is -0.0205. The van der Waals surface area contributed by atoms with Crippen LogP contribution in [0.5, 0.6) is 0 Å². The maximum Gasteiger partial charge on any atom is 0.274 e. The third kappa shape index (κ3) is 4.68. The number of rotatable bonds is 5. The molecule has 35 heavy (non-hydrogen) atoms. The molecule has 0 spiro atoms. The molecule has 3 heterocycles. The van der Waals surface area contributed by atoms with Crippen LogP contribution < -0.4 is 4.90 Å². The van der Waals surface area contributed by atoms with Gasteiger partial charge >= 0.3 is 0 Å². The van der Waals surface area contributed by atoms with Crippen molar-refractivity contribution in [1.82, 2.24) is 19.6 Å². The first kappa shape index (κ1) is 23.9. The quantitative estimate of drug-likeness (QED) is 0.711. The molecule has 0 bridgehead atoms. The molecule has 1 N–H and O–H groups in total. The summed E-state index contributed by atoms with van der Waals surface area (Å²) in [5.41, 5.74) is 6.47. The van der Waals surface area contributed by atoms with Gasteiger partial charge < -0.3 is 19.8 Å². The summed E-state index contributed by atoms with van der Waals surface area (Å²) in [7, 11) is 0. The first-order valence-electron chi connectivity index (χ1n) is 13.0. The van der Waals surface area contributed by atoms with Crippen molar-refractivity contribution in [2.75, 3.05) is 50.8 Å². The number of benzene rings is 1. The number of carbonyl (C=O) groups excluding carboxylic acids is 2. The van der Waals surface area contributed by atoms with Crippen molar-refractivity contribution in [3.63, 3.8) is 0 Å². The van der Waals surface area contributed by atoms with Crippen LogP contribution in [0.4, 0.5) is 5.69 Å². The van der Waals surface area contributed by atoms with Crippen molar-refractivity contribution in [2.45, 2.75) is 52.5 Å². The minimum Gasteiger partial charge on any atom is -0.396 e. The molecular weight excluding hydrogens is 442 g/mol. The number of aliphatic hydroxyl groups excluding tert-OH is 1. The van der Waals surface area contributed by atoms with Gasteiger partial charge in [-0.25, -0.2) is 0 Å². The summed E-state index contributed by atoms with van der Waals surface area (Å²) in [4.78, 5) is 32.6. The second-order valence-corrected chi connectivity index (χ2v) is 10.3. The Kier molecular flexibility index (Phi) is 6.82. The van der Waals surface area contributed by atoms with Gasteiger partial charge in [-0.3, -0.25) is 14.3 Å². The summed E-state index contributed by atoms with van der Waals surface area (Å²) in [6.45, 7) is 9.04. The Balaban J connectivity index is 1.23. The lowest BCUT2D eigenvalue weighted by Gasteiger charge is -2.37. The molecule has 2 aliphatic heterocycles. The summed E-state index contributed by atoms with van der Waals surface area (Å²) in [5.74, 6) is 0.341. The summed E-state index contributed by atoms with van der Waals surface area (Å²) in [6.07, 6.45) is 4.39. The van der Waals surface area contributed by atoms with Crippen LogP contribution in [0.3, 0.4) is 0 Å². The van der Waals surface area contributed by atoms with Gasteiger partial charge in [0.2, 0.25) is 5.91 Å². The predicted octanol–water partition coefficient (Wildman–Crippen LogP) is 2.18. The fraction of sp³-hybridized carbons (Fsp3) is 0.593. The lowest BCUT2D eigenvalue weighted by Crippen LogP contribution is -2.50. The lowest BCUT2D eigenvalue weighted by atomic mass is 9.97. The molecule has 0 saturated carbocycles. The average Bonchev–Trinajstić information content (AvgIpc) is 3.49. The maximum atomic E-state index is 13.3. The van der Waals surface area contributed by atoms with E-state index in [0.29, 0.717) is 31.9 Å². The Morgan fingerprint density at radius 3 is 2.46 bits per heavy atom. The zero-order valence-corrected chi connectivity index (χ0v) is 21.0. The first-order chi connectivity index (χ1) is 17.0. The Morgan fingerprint density at radius 1 is 1.00 bits per heavy atom. The molecule has 0 unspecified atom stereocenters. The Morgan fingerprint density at radius 2 is 1.74 bits per heavy atom. The largest absolute Gasteiger partial charge is 0.396 e. The number of carbonyl (C=O) groups is 2. The van der Waals surface area contributed by atoms with E-state index in [0.717, 1.165) is 56.5 Å². The Hall–Kier alpha value is -2.87. The number of fused-ring (bicyclic) bond motifs is 1. The highest BCUT2D eigenvalue weighted by Crippen LogP contribution is 2.28. The van der Waals surface area contributed by atoms with Gasteiger partial charge in [-0.15, -0.1) is 0 Å². The van der Waals surface area contributed by atoms with E-state index in [1.54, 1.807) is 4.68 Å². The number of hydrogen-bond donors (Lipinski definition) is 1. The van der Waals surface area contributed by atoms with Crippen LogP contribution in [-0.4, -0.2) is 82.4 Å². The number of piperazine rings is 1. The number of aliphatic hydroxyl groups is 1. The molecule has 188 valence electrons. The number of nitrogens with zero attached hydrogens (tertiary/aromatic N) is 5. The maximum absolute atomic E-state index is 13.3. The molecule has 2 fully saturated rings. The van der Waals surface area contributed by atoms with E-state index in [1.165, 1.54) is 16.8 Å². The van der Waals surface area contributed by atoms with Gasteiger partial charge in [0.15, 0.2) is 5.69 Å². The molecule has 1 aliphatic carbocycles. The summed E-state index contributed by atoms with van der Waals surface area (Å²) in [5, 5.41) is 14.1. The van der Waals surface area contributed by atoms with Crippen LogP contribution in [0.1, 0.15) is 52.1 Å². The van der Waals surface area contributed by atoms with Gasteiger partial charge in [-0.05, 0) is 69.1 Å². The second kappa shape index (κ2) is 10.0. The Labute approximate surface area is 207 Å². The van der Waals surface area contributed by atoms with E-state index < -0.39 is 0 Å². The first-order valence-corrected chi connectivity index (χ1v) is 13.0. The minimum absolute atomic E-state index is 0.0205. The molecule has 0 atom stereocenters. The van der Waals surface area contributed by atoms with Crippen molar-refractivity contribution in [3.05, 3.63) is 46.3 Å². The number of anilines is 1. The number of amides is 2. The van der Waals surface area contributed by atoms with E-state index >= 15 is 0 Å². The smallest absolute Gasteiger partial charge is 0.274 e. The van der Waals surface area contributed by atoms with Crippen LogP contribution in [0.15, 0.2) is 18.2 Å². The fourth-order valence-electron chi connectivity index (χ4n) is 5.78. The predicted molar refractivity (Wildman–Crippen MR) is 135 cm³/mol. The molecule has 5 rings (SSSR count). The molecule has 1 aromatic heterocycles. The van der Waals surface area contributed by atoms with E-state index in [-0.39, 0.29) is 30.9 Å². The zero-order chi connectivity index (χ0) is 24.5. The summed E-state index contributed by atoms with van der Waals surface area (Å²) >= 11 is 0. The number of aromatic nitrogens is 2. The monoisotopic (exact) mass is 479 g/mol. The lowest BCUT2D eigenvalue weighted by molar-refractivity contribution is -0.132. The average molecular weight is 480 g/mol. The summed E-state index contributed by atoms with van der Waals surface area (Å²) < 4.78 is 1.80. The van der Waals surface area contributed by atoms with Crippen molar-refractivity contribution >= 4 is 17.5 Å². The van der Waals surface area contributed by atoms with Gasteiger partial charge in [0.05, 0.1) is 0 Å². The van der Waals surface area contributed by atoms with E-state index in [4.69, 9.17) is 0 Å². The second-order valence-electron chi connectivity index (χ2n) is 10.3. The van der Waals surface area contributed by atoms with E-state index in [1.807, 2.05) is 9.80 Å². The molecule has 8 heteroatoms. The molecule has 2 aromatic rings. The standard InChI is InChI=1S/C27H37N5O3/c1-19-5-3-7-23(20(19)2)29-13-15-30(16-14-29)25(34)17-32-24-8-4-6-22(24)26(28-32)27(35)31-11-9-21(18-33)10-12-31/h3,5,7,21,33H,4,6,8-18H2,1-2H3. The summed E-state index contributed by atoms with van der Waals surface area (Å²) in [6, 6.07) is 6.40. The van der Waals surface area contributed by atoms with Crippen LogP contribution in [0, 0.1) is 19.8 Å². The van der Waals surface area contributed by atoms with Crippen LogP contribution in [-0.2, 0) is 24.2 Å². The highest BCUT2D eigenvalue weighted by molar-refractivity contribution is 5.94. The number of likely N-dealkylation sites (tertiary alicyclic amines) is 1. The number of hydrogen-bond acceptors (Lipinski definition) is 5. The van der Waals surface area contributed by atoms with Gasteiger partial charge in [0.25, 0.3) is 5.91 Å². The van der Waals surface area contributed by atoms with Gasteiger partial charge in [-0.1, -0.05) is 12.1 Å². The van der Waals surface area contributed by atoms with Crippen LogP contribution in [0.25, 0.3) is 0 Å². The van der Waals surface area contributed by atoms with Crippen molar-refractivity contribution in [1.29, 1.82) is 0 Å². The number of piperidine rings is 1. The molecule has 2 amide bonds. The third-order valence-electron chi connectivity index (χ3n) is 8.20. The normalized spacial score (nSPS) is 18.8. The van der Waals surface area contributed by atoms with Crippen LogP contribution in [0.2, 0.25) is 0 Å². The van der Waals surface area contributed by atoms with Crippen molar-refractivity contribution in [2.24, 2.45) is 5.92 Å².